The van der Waals surface area contributed by atoms with Crippen LogP contribution < -0.4 is 10.6 Å². The highest BCUT2D eigenvalue weighted by Crippen LogP contribution is 2.31. The number of amides is 1. The van der Waals surface area contributed by atoms with Crippen LogP contribution >= 0.6 is 15.9 Å². The summed E-state index contributed by atoms with van der Waals surface area (Å²) in [5.41, 5.74) is 7.01. The minimum absolute atomic E-state index is 0.0472. The quantitative estimate of drug-likeness (QED) is 0.794. The summed E-state index contributed by atoms with van der Waals surface area (Å²) in [6.07, 6.45) is 0.932. The normalized spacial score (nSPS) is 17.0. The van der Waals surface area contributed by atoms with Crippen LogP contribution in [0.2, 0.25) is 0 Å². The molecule has 0 aliphatic carbocycles. The average molecular weight is 407 g/mol. The van der Waals surface area contributed by atoms with Crippen molar-refractivity contribution in [3.05, 3.63) is 63.9 Å². The van der Waals surface area contributed by atoms with Crippen LogP contribution in [0.4, 0.5) is 10.1 Å². The molecule has 0 spiro atoms. The van der Waals surface area contributed by atoms with Crippen molar-refractivity contribution in [3.8, 4) is 0 Å². The van der Waals surface area contributed by atoms with E-state index >= 15 is 0 Å². The summed E-state index contributed by atoms with van der Waals surface area (Å²) in [5, 5.41) is 0. The molecule has 6 heteroatoms. The van der Waals surface area contributed by atoms with Gasteiger partial charge in [0.05, 0.1) is 24.5 Å². The Bertz CT molecular complexity index is 755. The third kappa shape index (κ3) is 4.38. The molecule has 2 aromatic rings. The van der Waals surface area contributed by atoms with Gasteiger partial charge in [0.1, 0.15) is 5.82 Å². The fourth-order valence-electron chi connectivity index (χ4n) is 3.16. The van der Waals surface area contributed by atoms with E-state index in [2.05, 4.69) is 15.9 Å². The number of carbonyl (C=O) groups is 1. The van der Waals surface area contributed by atoms with Crippen LogP contribution in [0.1, 0.15) is 22.3 Å². The minimum atomic E-state index is -0.747. The van der Waals surface area contributed by atoms with Gasteiger partial charge in [-0.15, -0.1) is 0 Å². The van der Waals surface area contributed by atoms with Crippen LogP contribution in [0.15, 0.2) is 46.9 Å². The van der Waals surface area contributed by atoms with Gasteiger partial charge in [0, 0.05) is 23.5 Å². The van der Waals surface area contributed by atoms with Gasteiger partial charge in [-0.2, -0.15) is 0 Å². The van der Waals surface area contributed by atoms with E-state index in [4.69, 9.17) is 10.5 Å². The lowest BCUT2D eigenvalue weighted by molar-refractivity contribution is 0.0929. The predicted octanol–water partition coefficient (Wildman–Crippen LogP) is 3.73. The van der Waals surface area contributed by atoms with Crippen molar-refractivity contribution in [2.45, 2.75) is 13.0 Å². The second-order valence-electron chi connectivity index (χ2n) is 6.25. The summed E-state index contributed by atoms with van der Waals surface area (Å²) in [5.74, 6) is -1.00. The van der Waals surface area contributed by atoms with E-state index in [-0.39, 0.29) is 5.56 Å². The highest BCUT2D eigenvalue weighted by Gasteiger charge is 2.27. The molecule has 1 heterocycles. The first-order valence-electron chi connectivity index (χ1n) is 8.20. The summed E-state index contributed by atoms with van der Waals surface area (Å²) in [4.78, 5) is 13.6. The molecule has 4 nitrogen and oxygen atoms in total. The van der Waals surface area contributed by atoms with E-state index in [1.807, 2.05) is 35.2 Å². The standard InChI is InChI=1S/C19H20BrFN2O2/c20-15-8-16(21)18(19(22)24)17(9-15)23-7-6-14(10-23)12-25-11-13-4-2-1-3-5-13/h1-5,8-9,14H,6-7,10-12H2,(H2,22,24). The summed E-state index contributed by atoms with van der Waals surface area (Å²) in [7, 11) is 0. The summed E-state index contributed by atoms with van der Waals surface area (Å²) in [6.45, 7) is 2.67. The van der Waals surface area contributed by atoms with Gasteiger partial charge < -0.3 is 15.4 Å². The number of rotatable bonds is 6. The first-order chi connectivity index (χ1) is 12.0. The molecule has 1 amide bonds. The Hall–Kier alpha value is -1.92. The van der Waals surface area contributed by atoms with Gasteiger partial charge in [-0.1, -0.05) is 46.3 Å². The first-order valence-corrected chi connectivity index (χ1v) is 8.99. The van der Waals surface area contributed by atoms with Crippen molar-refractivity contribution < 1.29 is 13.9 Å². The van der Waals surface area contributed by atoms with Gasteiger partial charge in [-0.25, -0.2) is 4.39 Å². The highest BCUT2D eigenvalue weighted by molar-refractivity contribution is 9.10. The van der Waals surface area contributed by atoms with E-state index in [9.17, 15) is 9.18 Å². The Labute approximate surface area is 154 Å². The Balaban J connectivity index is 1.62. The molecule has 3 rings (SSSR count). The fraction of sp³-hybridized carbons (Fsp3) is 0.316. The van der Waals surface area contributed by atoms with E-state index in [1.165, 1.54) is 6.07 Å². The van der Waals surface area contributed by atoms with Crippen molar-refractivity contribution in [1.82, 2.24) is 0 Å². The van der Waals surface area contributed by atoms with Crippen LogP contribution in [0.25, 0.3) is 0 Å². The lowest BCUT2D eigenvalue weighted by atomic mass is 10.1. The zero-order valence-corrected chi connectivity index (χ0v) is 15.3. The zero-order valence-electron chi connectivity index (χ0n) is 13.8. The van der Waals surface area contributed by atoms with Crippen molar-refractivity contribution in [3.63, 3.8) is 0 Å². The Morgan fingerprint density at radius 1 is 1.32 bits per heavy atom. The largest absolute Gasteiger partial charge is 0.376 e. The van der Waals surface area contributed by atoms with Crippen molar-refractivity contribution in [2.75, 3.05) is 24.6 Å². The number of nitrogens with zero attached hydrogens (tertiary/aromatic N) is 1. The Morgan fingerprint density at radius 3 is 2.80 bits per heavy atom. The molecule has 1 saturated heterocycles. The van der Waals surface area contributed by atoms with Crippen LogP contribution in [0, 0.1) is 11.7 Å². The third-order valence-electron chi connectivity index (χ3n) is 4.37. The molecule has 2 aromatic carbocycles. The summed E-state index contributed by atoms with van der Waals surface area (Å²) >= 11 is 3.28. The molecule has 0 aromatic heterocycles. The van der Waals surface area contributed by atoms with E-state index < -0.39 is 11.7 Å². The summed E-state index contributed by atoms with van der Waals surface area (Å²) in [6, 6.07) is 13.0. The van der Waals surface area contributed by atoms with Crippen LogP contribution in [0.3, 0.4) is 0 Å². The van der Waals surface area contributed by atoms with Gasteiger partial charge in [-0.05, 0) is 24.1 Å². The number of nitrogens with two attached hydrogens (primary N) is 1. The lowest BCUT2D eigenvalue weighted by Crippen LogP contribution is -2.26. The monoisotopic (exact) mass is 406 g/mol. The van der Waals surface area contributed by atoms with E-state index in [0.717, 1.165) is 18.5 Å². The molecular formula is C19H20BrFN2O2. The van der Waals surface area contributed by atoms with Crippen LogP contribution in [0.5, 0.6) is 0 Å². The number of hydrogen-bond acceptors (Lipinski definition) is 3. The maximum atomic E-state index is 14.1. The second kappa shape index (κ2) is 7.97. The molecule has 1 aliphatic heterocycles. The maximum Gasteiger partial charge on any atom is 0.253 e. The predicted molar refractivity (Wildman–Crippen MR) is 99.0 cm³/mol. The smallest absolute Gasteiger partial charge is 0.253 e. The number of ether oxygens (including phenoxy) is 1. The Kier molecular flexibility index (Phi) is 5.71. The van der Waals surface area contributed by atoms with E-state index in [0.29, 0.717) is 35.8 Å². The Morgan fingerprint density at radius 2 is 2.08 bits per heavy atom. The lowest BCUT2D eigenvalue weighted by Gasteiger charge is -2.22. The number of hydrogen-bond donors (Lipinski definition) is 1. The molecule has 1 unspecified atom stereocenters. The molecule has 2 N–H and O–H groups in total. The summed E-state index contributed by atoms with van der Waals surface area (Å²) < 4.78 is 20.5. The van der Waals surface area contributed by atoms with Crippen LogP contribution in [-0.4, -0.2) is 25.6 Å². The molecule has 0 bridgehead atoms. The van der Waals surface area contributed by atoms with Gasteiger partial charge in [0.15, 0.2) is 0 Å². The van der Waals surface area contributed by atoms with Gasteiger partial charge in [0.25, 0.3) is 5.91 Å². The fourth-order valence-corrected chi connectivity index (χ4v) is 3.58. The van der Waals surface area contributed by atoms with Gasteiger partial charge in [-0.3, -0.25) is 4.79 Å². The molecule has 132 valence electrons. The molecule has 1 aliphatic rings. The average Bonchev–Trinajstić information content (AvgIpc) is 3.03. The molecule has 25 heavy (non-hydrogen) atoms. The highest BCUT2D eigenvalue weighted by atomic mass is 79.9. The molecule has 1 fully saturated rings. The number of primary amides is 1. The zero-order chi connectivity index (χ0) is 17.8. The van der Waals surface area contributed by atoms with Gasteiger partial charge in [0.2, 0.25) is 0 Å². The molecule has 0 saturated carbocycles. The van der Waals surface area contributed by atoms with E-state index in [1.54, 1.807) is 6.07 Å². The minimum Gasteiger partial charge on any atom is -0.376 e. The van der Waals surface area contributed by atoms with Crippen molar-refractivity contribution >= 4 is 27.5 Å². The van der Waals surface area contributed by atoms with Crippen LogP contribution in [-0.2, 0) is 11.3 Å². The number of carbonyl (C=O) groups excluding carboxylic acids is 1. The second-order valence-corrected chi connectivity index (χ2v) is 7.16. The third-order valence-corrected chi connectivity index (χ3v) is 4.83. The van der Waals surface area contributed by atoms with Gasteiger partial charge >= 0.3 is 0 Å². The molecular weight excluding hydrogens is 387 g/mol. The number of halogens is 2. The van der Waals surface area contributed by atoms with Crippen molar-refractivity contribution in [2.24, 2.45) is 11.7 Å². The number of anilines is 1. The maximum absolute atomic E-state index is 14.1. The SMILES string of the molecule is NC(=O)c1c(F)cc(Br)cc1N1CCC(COCc2ccccc2)C1. The molecule has 0 radical (unpaired) electrons. The first kappa shape index (κ1) is 17.9. The molecule has 1 atom stereocenters. The number of benzene rings is 2. The topological polar surface area (TPSA) is 55.6 Å². The van der Waals surface area contributed by atoms with Crippen molar-refractivity contribution in [1.29, 1.82) is 0 Å².